The van der Waals surface area contributed by atoms with Gasteiger partial charge in [0.15, 0.2) is 5.96 Å². The fraction of sp³-hybridized carbons (Fsp3) is 0.700. The van der Waals surface area contributed by atoms with Gasteiger partial charge < -0.3 is 20.3 Å². The van der Waals surface area contributed by atoms with Crippen LogP contribution >= 0.6 is 24.0 Å². The molecule has 3 N–H and O–H groups in total. The number of aliphatic imine (C=N–C) groups is 1. The van der Waals surface area contributed by atoms with E-state index in [0.717, 1.165) is 64.1 Å². The van der Waals surface area contributed by atoms with Crippen molar-refractivity contribution in [1.29, 1.82) is 0 Å². The van der Waals surface area contributed by atoms with E-state index in [1.54, 1.807) is 16.7 Å². The standard InChI is InChI=1S/C20H36N4O2.HI/c1-4-12-20(26,13-5-2)17-23-19(21-6-3)22-14-8-10-16-24-15-9-7-11-18(24)25;/h7,9,11,15,26H,4-6,8,10,12-14,16-17H2,1-3H3,(H2,21,22,23);1H. The number of aryl methyl sites for hydroxylation is 1. The topological polar surface area (TPSA) is 78.7 Å². The molecule has 0 unspecified atom stereocenters. The fourth-order valence-electron chi connectivity index (χ4n) is 3.04. The molecule has 0 atom stereocenters. The minimum atomic E-state index is -0.708. The van der Waals surface area contributed by atoms with Gasteiger partial charge in [0.05, 0.1) is 12.1 Å². The first-order chi connectivity index (χ1) is 12.5. The highest BCUT2D eigenvalue weighted by Gasteiger charge is 2.24. The molecular formula is C20H37IN4O2. The van der Waals surface area contributed by atoms with Crippen LogP contribution in [-0.2, 0) is 6.54 Å². The Morgan fingerprint density at radius 1 is 1.15 bits per heavy atom. The number of nitrogens with zero attached hydrogens (tertiary/aromatic N) is 2. The summed E-state index contributed by atoms with van der Waals surface area (Å²) in [7, 11) is 0. The van der Waals surface area contributed by atoms with E-state index in [9.17, 15) is 9.90 Å². The van der Waals surface area contributed by atoms with Gasteiger partial charge >= 0.3 is 0 Å². The highest BCUT2D eigenvalue weighted by atomic mass is 127. The summed E-state index contributed by atoms with van der Waals surface area (Å²) in [4.78, 5) is 16.2. The maximum absolute atomic E-state index is 11.7. The average Bonchev–Trinajstić information content (AvgIpc) is 2.61. The van der Waals surface area contributed by atoms with Crippen molar-refractivity contribution in [3.05, 3.63) is 34.7 Å². The summed E-state index contributed by atoms with van der Waals surface area (Å²) in [5.74, 6) is 0.745. The number of aromatic nitrogens is 1. The number of unbranched alkanes of at least 4 members (excludes halogenated alkanes) is 1. The number of rotatable bonds is 12. The SMILES string of the molecule is CCCC(O)(CCC)CN=C(NCC)NCCCCn1ccccc1=O.I. The van der Waals surface area contributed by atoms with E-state index in [1.165, 1.54) is 0 Å². The summed E-state index contributed by atoms with van der Waals surface area (Å²) >= 11 is 0. The summed E-state index contributed by atoms with van der Waals surface area (Å²) < 4.78 is 1.73. The Hall–Kier alpha value is -1.09. The van der Waals surface area contributed by atoms with Crippen LogP contribution < -0.4 is 16.2 Å². The molecule has 1 rings (SSSR count). The van der Waals surface area contributed by atoms with Crippen molar-refractivity contribution in [2.45, 2.75) is 71.4 Å². The van der Waals surface area contributed by atoms with E-state index in [1.807, 2.05) is 19.2 Å². The van der Waals surface area contributed by atoms with Crippen LogP contribution in [0.5, 0.6) is 0 Å². The molecule has 0 saturated heterocycles. The second kappa shape index (κ2) is 14.9. The van der Waals surface area contributed by atoms with Crippen LogP contribution in [0.1, 0.15) is 59.3 Å². The number of nitrogens with one attached hydrogen (secondary N) is 2. The Kier molecular flexibility index (Phi) is 14.3. The number of hydrogen-bond acceptors (Lipinski definition) is 3. The molecule has 0 spiro atoms. The first-order valence-electron chi connectivity index (χ1n) is 9.94. The minimum absolute atomic E-state index is 0. The van der Waals surface area contributed by atoms with E-state index in [0.29, 0.717) is 6.54 Å². The van der Waals surface area contributed by atoms with E-state index in [4.69, 9.17) is 0 Å². The zero-order chi connectivity index (χ0) is 19.3. The Labute approximate surface area is 180 Å². The van der Waals surface area contributed by atoms with Crippen molar-refractivity contribution in [2.24, 2.45) is 4.99 Å². The molecule has 0 bridgehead atoms. The van der Waals surface area contributed by atoms with Gasteiger partial charge in [0, 0.05) is 31.9 Å². The molecule has 27 heavy (non-hydrogen) atoms. The van der Waals surface area contributed by atoms with E-state index in [2.05, 4.69) is 29.5 Å². The van der Waals surface area contributed by atoms with Crippen molar-refractivity contribution in [2.75, 3.05) is 19.6 Å². The Bertz CT molecular complexity index is 583. The van der Waals surface area contributed by atoms with Gasteiger partial charge in [0.1, 0.15) is 0 Å². The lowest BCUT2D eigenvalue weighted by Crippen LogP contribution is -2.40. The van der Waals surface area contributed by atoms with Gasteiger partial charge in [0.25, 0.3) is 0 Å². The van der Waals surface area contributed by atoms with Gasteiger partial charge in [-0.3, -0.25) is 9.79 Å². The van der Waals surface area contributed by atoms with Gasteiger partial charge in [-0.15, -0.1) is 24.0 Å². The Morgan fingerprint density at radius 2 is 1.85 bits per heavy atom. The summed E-state index contributed by atoms with van der Waals surface area (Å²) in [5, 5.41) is 17.2. The first-order valence-corrected chi connectivity index (χ1v) is 9.94. The van der Waals surface area contributed by atoms with Crippen LogP contribution in [0, 0.1) is 0 Å². The molecule has 0 aromatic carbocycles. The molecule has 0 saturated carbocycles. The van der Waals surface area contributed by atoms with Crippen molar-refractivity contribution >= 4 is 29.9 Å². The predicted molar refractivity (Wildman–Crippen MR) is 124 cm³/mol. The normalized spacial score (nSPS) is 11.8. The summed E-state index contributed by atoms with van der Waals surface area (Å²) in [6, 6.07) is 5.23. The quantitative estimate of drug-likeness (QED) is 0.181. The van der Waals surface area contributed by atoms with Crippen LogP contribution in [0.15, 0.2) is 34.2 Å². The predicted octanol–water partition coefficient (Wildman–Crippen LogP) is 3.13. The van der Waals surface area contributed by atoms with Crippen LogP contribution in [-0.4, -0.2) is 40.9 Å². The Morgan fingerprint density at radius 3 is 2.44 bits per heavy atom. The van der Waals surface area contributed by atoms with Gasteiger partial charge in [-0.25, -0.2) is 0 Å². The molecule has 1 aromatic rings. The zero-order valence-electron chi connectivity index (χ0n) is 17.0. The molecule has 0 radical (unpaired) electrons. The van der Waals surface area contributed by atoms with Crippen molar-refractivity contribution in [3.8, 4) is 0 Å². The van der Waals surface area contributed by atoms with Crippen LogP contribution in [0.2, 0.25) is 0 Å². The second-order valence-electron chi connectivity index (χ2n) is 6.79. The summed E-state index contributed by atoms with van der Waals surface area (Å²) in [5.41, 5.74) is -0.665. The van der Waals surface area contributed by atoms with Gasteiger partial charge in [0.2, 0.25) is 5.56 Å². The number of guanidine groups is 1. The van der Waals surface area contributed by atoms with E-state index >= 15 is 0 Å². The average molecular weight is 492 g/mol. The molecule has 156 valence electrons. The monoisotopic (exact) mass is 492 g/mol. The van der Waals surface area contributed by atoms with E-state index < -0.39 is 5.60 Å². The number of pyridine rings is 1. The van der Waals surface area contributed by atoms with Crippen molar-refractivity contribution in [1.82, 2.24) is 15.2 Å². The Balaban J connectivity index is 0.00000676. The van der Waals surface area contributed by atoms with Gasteiger partial charge in [-0.2, -0.15) is 0 Å². The molecule has 1 aromatic heterocycles. The molecule has 0 aliphatic heterocycles. The number of aliphatic hydroxyl groups is 1. The number of hydrogen-bond donors (Lipinski definition) is 3. The third kappa shape index (κ3) is 10.7. The summed E-state index contributed by atoms with van der Waals surface area (Å²) in [6.45, 7) is 8.92. The lowest BCUT2D eigenvalue weighted by atomic mass is 9.93. The fourth-order valence-corrected chi connectivity index (χ4v) is 3.04. The van der Waals surface area contributed by atoms with Crippen LogP contribution in [0.3, 0.4) is 0 Å². The highest BCUT2D eigenvalue weighted by molar-refractivity contribution is 14.0. The highest BCUT2D eigenvalue weighted by Crippen LogP contribution is 2.19. The maximum Gasteiger partial charge on any atom is 0.250 e. The molecule has 6 nitrogen and oxygen atoms in total. The van der Waals surface area contributed by atoms with Gasteiger partial charge in [-0.1, -0.05) is 32.8 Å². The largest absolute Gasteiger partial charge is 0.388 e. The molecule has 0 fully saturated rings. The lowest BCUT2D eigenvalue weighted by Gasteiger charge is -2.26. The number of halogens is 1. The molecule has 1 heterocycles. The summed E-state index contributed by atoms with van der Waals surface area (Å²) in [6.07, 6.45) is 7.14. The molecule has 0 aliphatic rings. The molecule has 7 heteroatoms. The lowest BCUT2D eigenvalue weighted by molar-refractivity contribution is 0.0306. The van der Waals surface area contributed by atoms with Crippen LogP contribution in [0.4, 0.5) is 0 Å². The van der Waals surface area contributed by atoms with Gasteiger partial charge in [-0.05, 0) is 38.7 Å². The van der Waals surface area contributed by atoms with Crippen LogP contribution in [0.25, 0.3) is 0 Å². The third-order valence-electron chi connectivity index (χ3n) is 4.32. The molecule has 0 aliphatic carbocycles. The second-order valence-corrected chi connectivity index (χ2v) is 6.79. The first kappa shape index (κ1) is 25.9. The van der Waals surface area contributed by atoms with Crippen molar-refractivity contribution < 1.29 is 5.11 Å². The maximum atomic E-state index is 11.7. The molecular weight excluding hydrogens is 455 g/mol. The molecule has 0 amide bonds. The third-order valence-corrected chi connectivity index (χ3v) is 4.32. The van der Waals surface area contributed by atoms with E-state index in [-0.39, 0.29) is 29.5 Å². The minimum Gasteiger partial charge on any atom is -0.388 e. The smallest absolute Gasteiger partial charge is 0.250 e. The van der Waals surface area contributed by atoms with Crippen molar-refractivity contribution in [3.63, 3.8) is 0 Å². The zero-order valence-corrected chi connectivity index (χ0v) is 19.4.